The van der Waals surface area contributed by atoms with E-state index in [2.05, 4.69) is 54.9 Å². The molecule has 4 aromatic rings. The van der Waals surface area contributed by atoms with Crippen LogP contribution < -0.4 is 5.32 Å². The first-order valence-electron chi connectivity index (χ1n) is 8.98. The van der Waals surface area contributed by atoms with Gasteiger partial charge < -0.3 is 9.88 Å². The van der Waals surface area contributed by atoms with E-state index < -0.39 is 0 Å². The Hall–Kier alpha value is -2.97. The molecule has 0 bridgehead atoms. The number of benzene rings is 1. The summed E-state index contributed by atoms with van der Waals surface area (Å²) >= 11 is 0. The van der Waals surface area contributed by atoms with Crippen LogP contribution in [0.4, 0.5) is 0 Å². The van der Waals surface area contributed by atoms with Gasteiger partial charge in [-0.3, -0.25) is 9.25 Å². The summed E-state index contributed by atoms with van der Waals surface area (Å²) in [6, 6.07) is 8.32. The maximum Gasteiger partial charge on any atom is 0.165 e. The normalized spacial score (nSPS) is 13.2. The SMILES string of the molecule is Cc1c(-c2nncn2C)cccc1-n1ccnc1-c1cc2n(n1)CCNC2.Cl. The third kappa shape index (κ3) is 2.90. The van der Waals surface area contributed by atoms with Gasteiger partial charge in [0.2, 0.25) is 0 Å². The van der Waals surface area contributed by atoms with Crippen LogP contribution >= 0.6 is 12.4 Å². The third-order valence-electron chi connectivity index (χ3n) is 5.06. The van der Waals surface area contributed by atoms with Gasteiger partial charge in [0, 0.05) is 38.1 Å². The second-order valence-electron chi connectivity index (χ2n) is 6.76. The molecule has 0 atom stereocenters. The average Bonchev–Trinajstić information content (AvgIpc) is 3.40. The predicted molar refractivity (Wildman–Crippen MR) is 108 cm³/mol. The quantitative estimate of drug-likeness (QED) is 0.575. The molecular formula is C19H21ClN8. The molecule has 144 valence electrons. The first-order valence-corrected chi connectivity index (χ1v) is 8.98. The molecular weight excluding hydrogens is 376 g/mol. The Labute approximate surface area is 168 Å². The van der Waals surface area contributed by atoms with E-state index in [-0.39, 0.29) is 12.4 Å². The van der Waals surface area contributed by atoms with Crippen LogP contribution in [0.25, 0.3) is 28.6 Å². The van der Waals surface area contributed by atoms with Crippen LogP contribution in [0.15, 0.2) is 43.0 Å². The van der Waals surface area contributed by atoms with E-state index in [0.717, 1.165) is 53.8 Å². The minimum atomic E-state index is 0. The molecule has 0 aliphatic carbocycles. The van der Waals surface area contributed by atoms with Crippen LogP contribution in [0.3, 0.4) is 0 Å². The summed E-state index contributed by atoms with van der Waals surface area (Å²) in [5.41, 5.74) is 5.32. The van der Waals surface area contributed by atoms with Gasteiger partial charge in [0.1, 0.15) is 12.0 Å². The molecule has 1 aliphatic heterocycles. The molecule has 1 aliphatic rings. The van der Waals surface area contributed by atoms with Crippen molar-refractivity contribution < 1.29 is 0 Å². The molecule has 3 aromatic heterocycles. The third-order valence-corrected chi connectivity index (χ3v) is 5.06. The van der Waals surface area contributed by atoms with Crippen molar-refractivity contribution in [2.24, 2.45) is 7.05 Å². The molecule has 0 saturated heterocycles. The summed E-state index contributed by atoms with van der Waals surface area (Å²) < 4.78 is 6.09. The van der Waals surface area contributed by atoms with Gasteiger partial charge in [0.25, 0.3) is 0 Å². The van der Waals surface area contributed by atoms with Gasteiger partial charge in [0.15, 0.2) is 11.6 Å². The fourth-order valence-corrected chi connectivity index (χ4v) is 3.64. The molecule has 0 amide bonds. The standard InChI is InChI=1S/C19H20N8.ClH/c1-13-15(18-23-22-12-25(18)2)4-3-5-17(13)26-8-7-21-19(26)16-10-14-11-20-6-9-27(14)24-16;/h3-5,7-8,10,12,20H,6,9,11H2,1-2H3;1H. The molecule has 1 N–H and O–H groups in total. The van der Waals surface area contributed by atoms with Crippen molar-refractivity contribution in [3.8, 4) is 28.6 Å². The van der Waals surface area contributed by atoms with Gasteiger partial charge in [-0.1, -0.05) is 12.1 Å². The summed E-state index contributed by atoms with van der Waals surface area (Å²) in [4.78, 5) is 4.59. The maximum absolute atomic E-state index is 4.76. The van der Waals surface area contributed by atoms with Crippen molar-refractivity contribution in [2.75, 3.05) is 6.54 Å². The monoisotopic (exact) mass is 396 g/mol. The van der Waals surface area contributed by atoms with Crippen LogP contribution in [0.5, 0.6) is 0 Å². The highest BCUT2D eigenvalue weighted by Crippen LogP contribution is 2.29. The lowest BCUT2D eigenvalue weighted by molar-refractivity contribution is 0.476. The second kappa shape index (κ2) is 7.21. The summed E-state index contributed by atoms with van der Waals surface area (Å²) in [6.45, 7) is 4.78. The van der Waals surface area contributed by atoms with Crippen molar-refractivity contribution in [2.45, 2.75) is 20.0 Å². The van der Waals surface area contributed by atoms with Crippen LogP contribution in [0.1, 0.15) is 11.3 Å². The topological polar surface area (TPSA) is 78.4 Å². The van der Waals surface area contributed by atoms with E-state index in [4.69, 9.17) is 5.10 Å². The highest BCUT2D eigenvalue weighted by Gasteiger charge is 2.18. The predicted octanol–water partition coefficient (Wildman–Crippen LogP) is 2.36. The van der Waals surface area contributed by atoms with E-state index in [9.17, 15) is 0 Å². The lowest BCUT2D eigenvalue weighted by Crippen LogP contribution is -2.28. The first kappa shape index (κ1) is 18.4. The van der Waals surface area contributed by atoms with Crippen molar-refractivity contribution in [1.29, 1.82) is 0 Å². The largest absolute Gasteiger partial charge is 0.317 e. The zero-order valence-corrected chi connectivity index (χ0v) is 16.5. The van der Waals surface area contributed by atoms with Gasteiger partial charge in [0.05, 0.1) is 17.9 Å². The lowest BCUT2D eigenvalue weighted by atomic mass is 10.1. The minimum absolute atomic E-state index is 0. The molecule has 8 nitrogen and oxygen atoms in total. The maximum atomic E-state index is 4.76. The summed E-state index contributed by atoms with van der Waals surface area (Å²) in [7, 11) is 1.95. The van der Waals surface area contributed by atoms with E-state index >= 15 is 0 Å². The number of halogens is 1. The molecule has 9 heteroatoms. The number of imidazole rings is 1. The van der Waals surface area contributed by atoms with Crippen LogP contribution in [-0.4, -0.2) is 40.6 Å². The van der Waals surface area contributed by atoms with E-state index in [0.29, 0.717) is 0 Å². The summed E-state index contributed by atoms with van der Waals surface area (Å²) in [5, 5.41) is 16.4. The number of hydrogen-bond donors (Lipinski definition) is 1. The zero-order chi connectivity index (χ0) is 18.4. The highest BCUT2D eigenvalue weighted by atomic mass is 35.5. The van der Waals surface area contributed by atoms with Gasteiger partial charge in [-0.2, -0.15) is 5.10 Å². The molecule has 1 aromatic carbocycles. The van der Waals surface area contributed by atoms with Crippen LogP contribution in [0, 0.1) is 6.92 Å². The highest BCUT2D eigenvalue weighted by molar-refractivity contribution is 5.85. The number of fused-ring (bicyclic) bond motifs is 1. The first-order chi connectivity index (χ1) is 13.2. The zero-order valence-electron chi connectivity index (χ0n) is 15.7. The fourth-order valence-electron chi connectivity index (χ4n) is 3.64. The molecule has 0 radical (unpaired) electrons. The molecule has 5 rings (SSSR count). The van der Waals surface area contributed by atoms with Crippen molar-refractivity contribution >= 4 is 12.4 Å². The molecule has 0 spiro atoms. The minimum Gasteiger partial charge on any atom is -0.317 e. The van der Waals surface area contributed by atoms with Crippen LogP contribution in [0.2, 0.25) is 0 Å². The lowest BCUT2D eigenvalue weighted by Gasteiger charge is -2.14. The van der Waals surface area contributed by atoms with Crippen molar-refractivity contribution in [3.05, 3.63) is 54.2 Å². The number of hydrogen-bond acceptors (Lipinski definition) is 5. The number of nitrogens with one attached hydrogen (secondary N) is 1. The number of rotatable bonds is 3. The van der Waals surface area contributed by atoms with Gasteiger partial charge in [-0.15, -0.1) is 22.6 Å². The Morgan fingerprint density at radius 1 is 1.18 bits per heavy atom. The number of aryl methyl sites for hydroxylation is 1. The summed E-state index contributed by atoms with van der Waals surface area (Å²) in [6.07, 6.45) is 5.52. The van der Waals surface area contributed by atoms with Crippen molar-refractivity contribution in [3.63, 3.8) is 0 Å². The number of aromatic nitrogens is 7. The van der Waals surface area contributed by atoms with Crippen LogP contribution in [-0.2, 0) is 20.1 Å². The fraction of sp³-hybridized carbons (Fsp3) is 0.263. The van der Waals surface area contributed by atoms with Gasteiger partial charge in [-0.05, 0) is 24.6 Å². The molecule has 0 unspecified atom stereocenters. The molecule has 0 fully saturated rings. The van der Waals surface area contributed by atoms with Gasteiger partial charge >= 0.3 is 0 Å². The Balaban J connectivity index is 0.00000192. The number of nitrogens with zero attached hydrogens (tertiary/aromatic N) is 7. The Bertz CT molecular complexity index is 1100. The second-order valence-corrected chi connectivity index (χ2v) is 6.76. The average molecular weight is 397 g/mol. The molecule has 28 heavy (non-hydrogen) atoms. The Kier molecular flexibility index (Phi) is 4.74. The van der Waals surface area contributed by atoms with E-state index in [1.807, 2.05) is 30.1 Å². The van der Waals surface area contributed by atoms with E-state index in [1.54, 1.807) is 6.33 Å². The Morgan fingerprint density at radius 2 is 2.07 bits per heavy atom. The van der Waals surface area contributed by atoms with E-state index in [1.165, 1.54) is 5.69 Å². The van der Waals surface area contributed by atoms with Gasteiger partial charge in [-0.25, -0.2) is 4.98 Å². The smallest absolute Gasteiger partial charge is 0.165 e. The molecule has 0 saturated carbocycles. The van der Waals surface area contributed by atoms with Crippen molar-refractivity contribution in [1.82, 2.24) is 39.4 Å². The summed E-state index contributed by atoms with van der Waals surface area (Å²) in [5.74, 6) is 1.69. The molecule has 4 heterocycles. The Morgan fingerprint density at radius 3 is 2.86 bits per heavy atom.